The molecule has 1 amide bonds. The Balaban J connectivity index is 1.49. The number of hydrogen-bond acceptors (Lipinski definition) is 3. The fraction of sp³-hybridized carbons (Fsp3) is 0.852. The van der Waals surface area contributed by atoms with Gasteiger partial charge in [-0.15, -0.1) is 0 Å². The fourth-order valence-corrected chi connectivity index (χ4v) is 9.45. The van der Waals surface area contributed by atoms with E-state index >= 15 is 0 Å². The highest BCUT2D eigenvalue weighted by molar-refractivity contribution is 8.14. The molecule has 3 fully saturated rings. The highest BCUT2D eigenvalue weighted by atomic mass is 32.2. The van der Waals surface area contributed by atoms with E-state index in [2.05, 4.69) is 59.9 Å². The molecule has 0 spiro atoms. The zero-order valence-corrected chi connectivity index (χ0v) is 21.5. The molecule has 4 rings (SSSR count). The van der Waals surface area contributed by atoms with Crippen molar-refractivity contribution in [1.29, 1.82) is 0 Å². The minimum absolute atomic E-state index is 0.137. The molecule has 0 unspecified atom stereocenters. The third-order valence-electron chi connectivity index (χ3n) is 9.10. The average molecular weight is 446 g/mol. The van der Waals surface area contributed by atoms with Gasteiger partial charge in [-0.3, -0.25) is 9.59 Å². The quantitative estimate of drug-likeness (QED) is 0.548. The van der Waals surface area contributed by atoms with Crippen LogP contribution in [0.4, 0.5) is 0 Å². The van der Waals surface area contributed by atoms with Crippen molar-refractivity contribution in [2.24, 2.45) is 39.9 Å². The van der Waals surface area contributed by atoms with Crippen LogP contribution in [-0.2, 0) is 9.59 Å². The summed E-state index contributed by atoms with van der Waals surface area (Å²) in [6.45, 7) is 15.9. The molecule has 1 N–H and O–H groups in total. The molecule has 0 aromatic rings. The van der Waals surface area contributed by atoms with Gasteiger partial charge in [0.1, 0.15) is 0 Å². The lowest BCUT2D eigenvalue weighted by Gasteiger charge is -2.57. The highest BCUT2D eigenvalue weighted by Crippen LogP contribution is 2.65. The van der Waals surface area contributed by atoms with Gasteiger partial charge in [0.2, 0.25) is 11.0 Å². The first-order valence-electron chi connectivity index (χ1n) is 12.4. The normalized spacial score (nSPS) is 42.5. The lowest BCUT2D eigenvalue weighted by Crippen LogP contribution is -2.52. The SMILES string of the molecule is CC(C)(C)CC(C)(C)NC(=O)[C@H]1C[C@H]2[C@@H]3CC[C@H]4SC(=O)C=C[C@]4(C)[C@H]3CC[C@]2(C)C1. The van der Waals surface area contributed by atoms with Gasteiger partial charge in [-0.1, -0.05) is 52.5 Å². The molecule has 4 heteroatoms. The Bertz CT molecular complexity index is 781. The van der Waals surface area contributed by atoms with Gasteiger partial charge in [0.15, 0.2) is 0 Å². The van der Waals surface area contributed by atoms with Crippen molar-refractivity contribution < 1.29 is 9.59 Å². The molecule has 0 bridgehead atoms. The molecule has 3 nitrogen and oxygen atoms in total. The third-order valence-corrected chi connectivity index (χ3v) is 10.5. The van der Waals surface area contributed by atoms with E-state index in [0.29, 0.717) is 28.4 Å². The Labute approximate surface area is 194 Å². The first kappa shape index (κ1) is 23.4. The van der Waals surface area contributed by atoms with Crippen molar-refractivity contribution in [3.05, 3.63) is 12.2 Å². The van der Waals surface area contributed by atoms with Crippen LogP contribution in [0, 0.1) is 39.9 Å². The second kappa shape index (κ2) is 7.64. The molecule has 1 heterocycles. The number of thioether (sulfide) groups is 1. The van der Waals surface area contributed by atoms with E-state index < -0.39 is 0 Å². The van der Waals surface area contributed by atoms with E-state index in [1.165, 1.54) is 19.3 Å². The van der Waals surface area contributed by atoms with Gasteiger partial charge in [-0.2, -0.15) is 0 Å². The number of carbonyl (C=O) groups is 2. The minimum atomic E-state index is -0.172. The van der Waals surface area contributed by atoms with Gasteiger partial charge in [-0.05, 0) is 93.5 Å². The number of fused-ring (bicyclic) bond motifs is 5. The molecule has 0 aromatic heterocycles. The van der Waals surface area contributed by atoms with Crippen LogP contribution in [-0.4, -0.2) is 21.8 Å². The highest BCUT2D eigenvalue weighted by Gasteiger charge is 2.59. The monoisotopic (exact) mass is 445 g/mol. The maximum absolute atomic E-state index is 13.4. The zero-order chi connectivity index (χ0) is 22.8. The smallest absolute Gasteiger partial charge is 0.223 e. The lowest BCUT2D eigenvalue weighted by molar-refractivity contribution is -0.127. The molecule has 0 radical (unpaired) electrons. The van der Waals surface area contributed by atoms with Crippen molar-refractivity contribution >= 4 is 22.8 Å². The van der Waals surface area contributed by atoms with Crippen molar-refractivity contribution in [1.82, 2.24) is 5.32 Å². The molecule has 3 aliphatic carbocycles. The van der Waals surface area contributed by atoms with E-state index in [1.807, 2.05) is 6.08 Å². The Morgan fingerprint density at radius 2 is 1.84 bits per heavy atom. The second-order valence-corrected chi connectivity index (χ2v) is 14.7. The summed E-state index contributed by atoms with van der Waals surface area (Å²) in [5, 5.41) is 4.09. The maximum Gasteiger partial charge on any atom is 0.223 e. The first-order valence-corrected chi connectivity index (χ1v) is 13.3. The van der Waals surface area contributed by atoms with Gasteiger partial charge >= 0.3 is 0 Å². The number of carbonyl (C=O) groups excluding carboxylic acids is 2. The molecular weight excluding hydrogens is 402 g/mol. The number of hydrogen-bond donors (Lipinski definition) is 1. The lowest BCUT2D eigenvalue weighted by atomic mass is 9.50. The summed E-state index contributed by atoms with van der Waals surface area (Å²) in [4.78, 5) is 25.4. The molecule has 3 saturated carbocycles. The fourth-order valence-electron chi connectivity index (χ4n) is 8.26. The van der Waals surface area contributed by atoms with E-state index in [0.717, 1.165) is 25.7 Å². The molecule has 4 aliphatic rings. The second-order valence-electron chi connectivity index (χ2n) is 13.5. The van der Waals surface area contributed by atoms with E-state index in [4.69, 9.17) is 0 Å². The van der Waals surface area contributed by atoms with E-state index in [-0.39, 0.29) is 33.3 Å². The predicted molar refractivity (Wildman–Crippen MR) is 130 cm³/mol. The Morgan fingerprint density at radius 3 is 2.52 bits per heavy atom. The Hall–Kier alpha value is -0.770. The van der Waals surface area contributed by atoms with Crippen LogP contribution >= 0.6 is 11.8 Å². The topological polar surface area (TPSA) is 46.2 Å². The largest absolute Gasteiger partial charge is 0.351 e. The van der Waals surface area contributed by atoms with Crippen LogP contribution in [0.5, 0.6) is 0 Å². The summed E-state index contributed by atoms with van der Waals surface area (Å²) in [6.07, 6.45) is 12.0. The number of amides is 1. The molecule has 1 aliphatic heterocycles. The third kappa shape index (κ3) is 4.39. The van der Waals surface area contributed by atoms with Gasteiger partial charge < -0.3 is 5.32 Å². The first-order chi connectivity index (χ1) is 14.2. The van der Waals surface area contributed by atoms with Gasteiger partial charge in [0, 0.05) is 22.1 Å². The summed E-state index contributed by atoms with van der Waals surface area (Å²) < 4.78 is 0. The average Bonchev–Trinajstić information content (AvgIpc) is 2.98. The van der Waals surface area contributed by atoms with Crippen LogP contribution in [0.3, 0.4) is 0 Å². The Kier molecular flexibility index (Phi) is 5.76. The van der Waals surface area contributed by atoms with E-state index in [9.17, 15) is 9.59 Å². The summed E-state index contributed by atoms with van der Waals surface area (Å²) in [5.74, 6) is 2.41. The summed E-state index contributed by atoms with van der Waals surface area (Å²) in [5.41, 5.74) is 0.453. The van der Waals surface area contributed by atoms with Crippen molar-refractivity contribution in [3.63, 3.8) is 0 Å². The molecular formula is C27H43NO2S. The summed E-state index contributed by atoms with van der Waals surface area (Å²) in [7, 11) is 0. The van der Waals surface area contributed by atoms with Crippen molar-refractivity contribution in [2.45, 2.75) is 104 Å². The van der Waals surface area contributed by atoms with Crippen LogP contribution in [0.2, 0.25) is 0 Å². The standard InChI is InChI=1S/C27H43NO2S/c1-24(2,3)16-25(4,5)28-23(30)17-14-20-18-8-9-21-27(7,13-11-22(29)31-21)19(18)10-12-26(20,6)15-17/h11,13,17-21H,8-10,12,14-16H2,1-7H3,(H,28,30)/t17-,18+,19-,20-,21+,26+,27+/m0/s1. The molecule has 7 atom stereocenters. The van der Waals surface area contributed by atoms with Crippen LogP contribution in [0.25, 0.3) is 0 Å². The molecule has 0 saturated heterocycles. The van der Waals surface area contributed by atoms with Crippen LogP contribution < -0.4 is 5.32 Å². The van der Waals surface area contributed by atoms with Gasteiger partial charge in [0.05, 0.1) is 0 Å². The predicted octanol–water partition coefficient (Wildman–Crippen LogP) is 6.37. The van der Waals surface area contributed by atoms with Crippen molar-refractivity contribution in [2.75, 3.05) is 0 Å². The Morgan fingerprint density at radius 1 is 1.13 bits per heavy atom. The van der Waals surface area contributed by atoms with Gasteiger partial charge in [0.25, 0.3) is 0 Å². The zero-order valence-electron chi connectivity index (χ0n) is 20.7. The summed E-state index contributed by atoms with van der Waals surface area (Å²) in [6, 6.07) is 0. The van der Waals surface area contributed by atoms with Crippen LogP contribution in [0.1, 0.15) is 93.4 Å². The molecule has 31 heavy (non-hydrogen) atoms. The van der Waals surface area contributed by atoms with Crippen molar-refractivity contribution in [3.8, 4) is 0 Å². The van der Waals surface area contributed by atoms with E-state index in [1.54, 1.807) is 11.8 Å². The summed E-state index contributed by atoms with van der Waals surface area (Å²) >= 11 is 1.58. The number of allylic oxidation sites excluding steroid dienone is 1. The van der Waals surface area contributed by atoms with Gasteiger partial charge in [-0.25, -0.2) is 0 Å². The number of nitrogens with one attached hydrogen (secondary N) is 1. The number of rotatable bonds is 3. The minimum Gasteiger partial charge on any atom is -0.351 e. The van der Waals surface area contributed by atoms with Crippen LogP contribution in [0.15, 0.2) is 12.2 Å². The molecule has 174 valence electrons. The maximum atomic E-state index is 13.4. The molecule has 0 aromatic carbocycles.